The predicted octanol–water partition coefficient (Wildman–Crippen LogP) is -0.336. The standard InChI is InChI=1S/C13H14AsNO7S.CH4/c1-7(16)5-13(14,12(18)19)15-23(20,21)10-3-8-2-9(4-10)11(17)22-6-8;/h2-4,15H,5-6,14H2,1H3,(H,18,19);1H4. The zero-order valence-electron chi connectivity index (χ0n) is 12.0. The van der Waals surface area contributed by atoms with Crippen molar-refractivity contribution in [3.8, 4) is 0 Å². The molecule has 0 spiro atoms. The summed E-state index contributed by atoms with van der Waals surface area (Å²) in [7, 11) is -4.23. The summed E-state index contributed by atoms with van der Waals surface area (Å²) in [6.07, 6.45) is -0.476. The van der Waals surface area contributed by atoms with Gasteiger partial charge in [-0.2, -0.15) is 0 Å². The van der Waals surface area contributed by atoms with Gasteiger partial charge in [-0.25, -0.2) is 0 Å². The topological polar surface area (TPSA) is 127 Å². The normalized spacial score (nSPS) is 15.7. The zero-order chi connectivity index (χ0) is 17.4. The molecule has 2 bridgehead atoms. The van der Waals surface area contributed by atoms with Crippen molar-refractivity contribution in [2.45, 2.75) is 36.6 Å². The van der Waals surface area contributed by atoms with E-state index in [2.05, 4.69) is 4.72 Å². The van der Waals surface area contributed by atoms with Crippen LogP contribution in [-0.2, 0) is 31.0 Å². The molecule has 10 heteroatoms. The maximum absolute atomic E-state index is 12.5. The number of ether oxygens (including phenoxy) is 1. The third-order valence-electron chi connectivity index (χ3n) is 3.11. The van der Waals surface area contributed by atoms with Crippen LogP contribution in [-0.4, -0.2) is 52.4 Å². The molecule has 8 nitrogen and oxygen atoms in total. The monoisotopic (exact) mass is 419 g/mol. The van der Waals surface area contributed by atoms with Crippen LogP contribution in [0.3, 0.4) is 0 Å². The summed E-state index contributed by atoms with van der Waals surface area (Å²) < 4.78 is 29.9. The van der Waals surface area contributed by atoms with Crippen molar-refractivity contribution in [1.29, 1.82) is 0 Å². The molecular weight excluding hydrogens is 401 g/mol. The van der Waals surface area contributed by atoms with Crippen LogP contribution in [0.4, 0.5) is 0 Å². The molecule has 2 unspecified atom stereocenters. The first-order valence-corrected chi connectivity index (χ1v) is 9.10. The predicted molar refractivity (Wildman–Crippen MR) is 86.8 cm³/mol. The number of cyclic esters (lactones) is 1. The van der Waals surface area contributed by atoms with Crippen LogP contribution >= 0.6 is 0 Å². The third kappa shape index (κ3) is 4.23. The van der Waals surface area contributed by atoms with Crippen LogP contribution in [0.1, 0.15) is 36.7 Å². The number of benzene rings is 1. The molecule has 1 aromatic rings. The number of rotatable bonds is 6. The Balaban J connectivity index is 0.00000288. The van der Waals surface area contributed by atoms with Crippen molar-refractivity contribution in [2.75, 3.05) is 0 Å². The van der Waals surface area contributed by atoms with E-state index in [0.29, 0.717) is 22.4 Å². The summed E-state index contributed by atoms with van der Waals surface area (Å²) in [4.78, 5) is 33.9. The SMILES string of the molecule is C.CC(=O)CC([AsH2])(NS(=O)(=O)c1cc2cc(c1)C(=O)OC2)C(=O)O. The first-order valence-electron chi connectivity index (χ1n) is 6.40. The van der Waals surface area contributed by atoms with Crippen LogP contribution < -0.4 is 4.72 Å². The van der Waals surface area contributed by atoms with E-state index in [1.807, 2.05) is 0 Å². The van der Waals surface area contributed by atoms with Gasteiger partial charge in [-0.05, 0) is 0 Å². The number of hydrogen-bond acceptors (Lipinski definition) is 6. The minimum absolute atomic E-state index is 0. The van der Waals surface area contributed by atoms with Gasteiger partial charge in [0.25, 0.3) is 0 Å². The van der Waals surface area contributed by atoms with Gasteiger partial charge >= 0.3 is 140 Å². The summed E-state index contributed by atoms with van der Waals surface area (Å²) in [5, 5.41) is 9.26. The van der Waals surface area contributed by atoms with Gasteiger partial charge in [0.05, 0.1) is 0 Å². The van der Waals surface area contributed by atoms with E-state index < -0.39 is 38.5 Å². The number of carbonyl (C=O) groups is 3. The van der Waals surface area contributed by atoms with Crippen molar-refractivity contribution in [2.24, 2.45) is 0 Å². The number of Topliss-reactive ketones (excluding diaryl/α,β-unsaturated/α-hetero) is 1. The molecule has 0 saturated heterocycles. The van der Waals surface area contributed by atoms with Gasteiger partial charge in [-0.3, -0.25) is 0 Å². The summed E-state index contributed by atoms with van der Waals surface area (Å²) >= 11 is 0.560. The molecule has 0 amide bonds. The van der Waals surface area contributed by atoms with Crippen molar-refractivity contribution in [3.63, 3.8) is 0 Å². The van der Waals surface area contributed by atoms with Crippen LogP contribution in [0.2, 0.25) is 0 Å². The average molecular weight is 419 g/mol. The number of ketones is 1. The van der Waals surface area contributed by atoms with Crippen LogP contribution in [0.15, 0.2) is 23.1 Å². The van der Waals surface area contributed by atoms with E-state index in [-0.39, 0.29) is 24.5 Å². The molecule has 0 saturated carbocycles. The number of carbonyl (C=O) groups excluding carboxylic acids is 2. The first-order chi connectivity index (χ1) is 10.5. The Hall–Kier alpha value is -1.70. The Bertz CT molecular complexity index is 805. The molecule has 0 aromatic heterocycles. The Morgan fingerprint density at radius 3 is 2.54 bits per heavy atom. The molecule has 0 aliphatic carbocycles. The van der Waals surface area contributed by atoms with Crippen molar-refractivity contribution in [1.82, 2.24) is 4.72 Å². The molecule has 1 aliphatic rings. The van der Waals surface area contributed by atoms with Gasteiger partial charge in [0.2, 0.25) is 0 Å². The van der Waals surface area contributed by atoms with Gasteiger partial charge in [-0.1, -0.05) is 7.43 Å². The van der Waals surface area contributed by atoms with E-state index in [4.69, 9.17) is 4.74 Å². The van der Waals surface area contributed by atoms with Crippen LogP contribution in [0.25, 0.3) is 0 Å². The Morgan fingerprint density at radius 2 is 2.00 bits per heavy atom. The van der Waals surface area contributed by atoms with Gasteiger partial charge in [0.1, 0.15) is 0 Å². The van der Waals surface area contributed by atoms with Crippen molar-refractivity contribution in [3.05, 3.63) is 29.3 Å². The number of carboxylic acids is 1. The molecule has 1 heterocycles. The van der Waals surface area contributed by atoms with E-state index in [9.17, 15) is 27.9 Å². The number of aliphatic carboxylic acids is 1. The fourth-order valence-electron chi connectivity index (χ4n) is 2.10. The Kier molecular flexibility index (Phi) is 5.97. The van der Waals surface area contributed by atoms with E-state index in [1.165, 1.54) is 19.1 Å². The quantitative estimate of drug-likeness (QED) is 0.477. The Morgan fingerprint density at radius 1 is 1.38 bits per heavy atom. The third-order valence-corrected chi connectivity index (χ3v) is 6.29. The zero-order valence-corrected chi connectivity index (χ0v) is 15.3. The summed E-state index contributed by atoms with van der Waals surface area (Å²) in [5.41, 5.74) is 0.555. The number of hydrogen-bond donors (Lipinski definition) is 2. The number of nitrogens with one attached hydrogen (secondary N) is 1. The summed E-state index contributed by atoms with van der Waals surface area (Å²) in [6, 6.07) is 3.90. The molecule has 2 rings (SSSR count). The molecular formula is C14H18AsNO7S. The van der Waals surface area contributed by atoms with Gasteiger partial charge in [0.15, 0.2) is 0 Å². The fraction of sp³-hybridized carbons (Fsp3) is 0.357. The minimum atomic E-state index is -4.23. The Labute approximate surface area is 148 Å². The first kappa shape index (κ1) is 20.3. The number of sulfonamides is 1. The number of esters is 1. The second-order valence-electron chi connectivity index (χ2n) is 5.20. The van der Waals surface area contributed by atoms with Crippen LogP contribution in [0, 0.1) is 0 Å². The van der Waals surface area contributed by atoms with Gasteiger partial charge < -0.3 is 0 Å². The molecule has 1 aliphatic heterocycles. The van der Waals surface area contributed by atoms with E-state index in [1.54, 1.807) is 0 Å². The second-order valence-corrected chi connectivity index (χ2v) is 8.95. The summed E-state index contributed by atoms with van der Waals surface area (Å²) in [6.45, 7) is 1.13. The van der Waals surface area contributed by atoms with E-state index >= 15 is 0 Å². The molecule has 0 radical (unpaired) electrons. The van der Waals surface area contributed by atoms with Gasteiger partial charge in [0, 0.05) is 0 Å². The molecule has 132 valence electrons. The number of fused-ring (bicyclic) bond motifs is 2. The van der Waals surface area contributed by atoms with Crippen molar-refractivity contribution >= 4 is 44.6 Å². The maximum atomic E-state index is 12.5. The second kappa shape index (κ2) is 7.04. The van der Waals surface area contributed by atoms with Gasteiger partial charge in [-0.15, -0.1) is 0 Å². The molecule has 1 aromatic carbocycles. The molecule has 24 heavy (non-hydrogen) atoms. The fourth-order valence-corrected chi connectivity index (χ4v) is 5.02. The average Bonchev–Trinajstić information content (AvgIpc) is 2.41. The molecule has 2 atom stereocenters. The summed E-state index contributed by atoms with van der Waals surface area (Å²) in [5.74, 6) is -2.55. The van der Waals surface area contributed by atoms with Crippen LogP contribution in [0.5, 0.6) is 0 Å². The molecule has 2 N–H and O–H groups in total. The number of carboxylic acid groups (broad SMARTS) is 1. The molecule has 0 fully saturated rings. The van der Waals surface area contributed by atoms with Crippen molar-refractivity contribution < 1.29 is 32.6 Å². The van der Waals surface area contributed by atoms with E-state index in [0.717, 1.165) is 6.07 Å².